The van der Waals surface area contributed by atoms with Gasteiger partial charge in [0.1, 0.15) is 5.75 Å². The van der Waals surface area contributed by atoms with Crippen LogP contribution in [-0.4, -0.2) is 44.6 Å². The van der Waals surface area contributed by atoms with Gasteiger partial charge in [-0.1, -0.05) is 0 Å². The van der Waals surface area contributed by atoms with Crippen molar-refractivity contribution in [1.82, 2.24) is 14.0 Å². The molecule has 1 aromatic heterocycles. The summed E-state index contributed by atoms with van der Waals surface area (Å²) in [6.45, 7) is -1.66. The number of halogens is 3. The Hall–Kier alpha value is -1.39. The van der Waals surface area contributed by atoms with Crippen LogP contribution >= 0.6 is 0 Å². The van der Waals surface area contributed by atoms with E-state index in [1.807, 2.05) is 0 Å². The summed E-state index contributed by atoms with van der Waals surface area (Å²) >= 11 is 0. The lowest BCUT2D eigenvalue weighted by atomic mass is 10.2. The minimum Gasteiger partial charge on any atom is -0.482 e. The highest BCUT2D eigenvalue weighted by Crippen LogP contribution is 2.21. The highest BCUT2D eigenvalue weighted by molar-refractivity contribution is 7.87. The van der Waals surface area contributed by atoms with Crippen molar-refractivity contribution in [2.75, 3.05) is 20.7 Å². The van der Waals surface area contributed by atoms with Crippen LogP contribution in [-0.2, 0) is 16.8 Å². The van der Waals surface area contributed by atoms with Crippen LogP contribution in [0, 0.1) is 0 Å². The molecular formula is C10H14F3N3O3S. The first kappa shape index (κ1) is 16.7. The molecule has 6 nitrogen and oxygen atoms in total. The zero-order valence-corrected chi connectivity index (χ0v) is 11.6. The van der Waals surface area contributed by atoms with E-state index in [9.17, 15) is 21.6 Å². The maximum absolute atomic E-state index is 12.1. The summed E-state index contributed by atoms with van der Waals surface area (Å²) in [7, 11) is -1.01. The van der Waals surface area contributed by atoms with Gasteiger partial charge >= 0.3 is 6.18 Å². The van der Waals surface area contributed by atoms with Crippen LogP contribution in [0.15, 0.2) is 18.5 Å². The molecule has 0 aliphatic rings. The molecule has 0 fully saturated rings. The number of hydrogen-bond donors (Lipinski definition) is 1. The van der Waals surface area contributed by atoms with E-state index in [1.54, 1.807) is 0 Å². The van der Waals surface area contributed by atoms with Crippen LogP contribution in [0.3, 0.4) is 0 Å². The van der Waals surface area contributed by atoms with E-state index in [0.29, 0.717) is 0 Å². The Morgan fingerprint density at radius 3 is 2.60 bits per heavy atom. The van der Waals surface area contributed by atoms with Crippen LogP contribution in [0.1, 0.15) is 5.56 Å². The number of nitrogens with one attached hydrogen (secondary N) is 1. The van der Waals surface area contributed by atoms with E-state index in [0.717, 1.165) is 10.5 Å². The smallest absolute Gasteiger partial charge is 0.422 e. The molecular weight excluding hydrogens is 299 g/mol. The molecule has 0 aliphatic carbocycles. The van der Waals surface area contributed by atoms with Gasteiger partial charge in [-0.2, -0.15) is 30.6 Å². The fourth-order valence-electron chi connectivity index (χ4n) is 1.14. The Bertz CT molecular complexity index is 546. The molecule has 10 heteroatoms. The van der Waals surface area contributed by atoms with Gasteiger partial charge in [-0.3, -0.25) is 4.98 Å². The number of alkyl halides is 3. The van der Waals surface area contributed by atoms with Gasteiger partial charge in [0.15, 0.2) is 6.61 Å². The van der Waals surface area contributed by atoms with E-state index in [2.05, 4.69) is 14.4 Å². The predicted octanol–water partition coefficient (Wildman–Crippen LogP) is 0.919. The first-order valence-corrected chi connectivity index (χ1v) is 6.85. The van der Waals surface area contributed by atoms with Crippen molar-refractivity contribution < 1.29 is 26.3 Å². The SMILES string of the molecule is CN(C)S(=O)(=O)NCc1ccncc1OCC(F)(F)F. The molecule has 1 rings (SSSR count). The monoisotopic (exact) mass is 313 g/mol. The zero-order chi connectivity index (χ0) is 15.4. The van der Waals surface area contributed by atoms with Gasteiger partial charge in [-0.05, 0) is 6.07 Å². The van der Waals surface area contributed by atoms with Crippen molar-refractivity contribution in [2.45, 2.75) is 12.7 Å². The Labute approximate surface area is 114 Å². The lowest BCUT2D eigenvalue weighted by Crippen LogP contribution is -2.35. The van der Waals surface area contributed by atoms with E-state index in [-0.39, 0.29) is 17.9 Å². The van der Waals surface area contributed by atoms with Gasteiger partial charge in [0.05, 0.1) is 6.20 Å². The standard InChI is InChI=1S/C10H14F3N3O3S/c1-16(2)20(17,18)15-5-8-3-4-14-6-9(8)19-7-10(11,12)13/h3-4,6,15H,5,7H2,1-2H3. The predicted molar refractivity (Wildman–Crippen MR) is 65.2 cm³/mol. The molecule has 0 unspecified atom stereocenters. The van der Waals surface area contributed by atoms with Crippen molar-refractivity contribution >= 4 is 10.2 Å². The first-order valence-electron chi connectivity index (χ1n) is 5.41. The summed E-state index contributed by atoms with van der Waals surface area (Å²) < 4.78 is 67.1. The third-order valence-corrected chi connectivity index (χ3v) is 3.66. The number of aromatic nitrogens is 1. The Balaban J connectivity index is 2.76. The minimum atomic E-state index is -4.48. The summed E-state index contributed by atoms with van der Waals surface area (Å²) in [5, 5.41) is 0. The molecule has 114 valence electrons. The second-order valence-electron chi connectivity index (χ2n) is 4.00. The summed E-state index contributed by atoms with van der Waals surface area (Å²) in [4.78, 5) is 3.65. The molecule has 0 aromatic carbocycles. The van der Waals surface area contributed by atoms with Crippen LogP contribution in [0.2, 0.25) is 0 Å². The van der Waals surface area contributed by atoms with Gasteiger partial charge in [0, 0.05) is 32.4 Å². The molecule has 1 N–H and O–H groups in total. The van der Waals surface area contributed by atoms with Crippen LogP contribution in [0.5, 0.6) is 5.75 Å². The van der Waals surface area contributed by atoms with E-state index < -0.39 is 23.0 Å². The quantitative estimate of drug-likeness (QED) is 0.848. The third kappa shape index (κ3) is 5.31. The van der Waals surface area contributed by atoms with E-state index in [4.69, 9.17) is 0 Å². The molecule has 0 saturated carbocycles. The molecule has 0 spiro atoms. The number of hydrogen-bond acceptors (Lipinski definition) is 4. The van der Waals surface area contributed by atoms with Crippen molar-refractivity contribution in [3.8, 4) is 5.75 Å². The van der Waals surface area contributed by atoms with Crippen LogP contribution in [0.25, 0.3) is 0 Å². The first-order chi connectivity index (χ1) is 9.12. The Kier molecular flexibility index (Phi) is 5.31. The van der Waals surface area contributed by atoms with Crippen molar-refractivity contribution in [2.24, 2.45) is 0 Å². The van der Waals surface area contributed by atoms with Gasteiger partial charge < -0.3 is 4.74 Å². The summed E-state index contributed by atoms with van der Waals surface area (Å²) in [5.41, 5.74) is 0.259. The number of nitrogens with zero attached hydrogens (tertiary/aromatic N) is 2. The summed E-state index contributed by atoms with van der Waals surface area (Å²) in [6.07, 6.45) is -2.04. The highest BCUT2D eigenvalue weighted by Gasteiger charge is 2.29. The van der Waals surface area contributed by atoms with Gasteiger partial charge in [0.25, 0.3) is 10.2 Å². The molecule has 0 bridgehead atoms. The number of ether oxygens (including phenoxy) is 1. The van der Waals surface area contributed by atoms with Crippen LogP contribution in [0.4, 0.5) is 13.2 Å². The third-order valence-electron chi connectivity index (χ3n) is 2.19. The van der Waals surface area contributed by atoms with Crippen molar-refractivity contribution in [1.29, 1.82) is 0 Å². The molecule has 1 aromatic rings. The molecule has 0 radical (unpaired) electrons. The summed E-state index contributed by atoms with van der Waals surface area (Å²) in [6, 6.07) is 1.38. The average molecular weight is 313 g/mol. The molecule has 0 aliphatic heterocycles. The lowest BCUT2D eigenvalue weighted by Gasteiger charge is -2.15. The van der Waals surface area contributed by atoms with Crippen molar-refractivity contribution in [3.63, 3.8) is 0 Å². The molecule has 0 saturated heterocycles. The van der Waals surface area contributed by atoms with E-state index in [1.165, 1.54) is 26.4 Å². The maximum atomic E-state index is 12.1. The Morgan fingerprint density at radius 2 is 2.05 bits per heavy atom. The topological polar surface area (TPSA) is 71.5 Å². The molecule has 0 atom stereocenters. The lowest BCUT2D eigenvalue weighted by molar-refractivity contribution is -0.153. The zero-order valence-electron chi connectivity index (χ0n) is 10.8. The fraction of sp³-hybridized carbons (Fsp3) is 0.500. The normalized spacial score (nSPS) is 12.7. The number of pyridine rings is 1. The van der Waals surface area contributed by atoms with Gasteiger partial charge in [-0.15, -0.1) is 0 Å². The van der Waals surface area contributed by atoms with E-state index >= 15 is 0 Å². The van der Waals surface area contributed by atoms with Crippen LogP contribution < -0.4 is 9.46 Å². The molecule has 20 heavy (non-hydrogen) atoms. The summed E-state index contributed by atoms with van der Waals surface area (Å²) in [5.74, 6) is -0.119. The molecule has 1 heterocycles. The second kappa shape index (κ2) is 6.37. The second-order valence-corrected chi connectivity index (χ2v) is 5.96. The largest absolute Gasteiger partial charge is 0.482 e. The van der Waals surface area contributed by atoms with Crippen molar-refractivity contribution in [3.05, 3.63) is 24.0 Å². The van der Waals surface area contributed by atoms with Gasteiger partial charge in [-0.25, -0.2) is 0 Å². The highest BCUT2D eigenvalue weighted by atomic mass is 32.2. The van der Waals surface area contributed by atoms with Gasteiger partial charge in [0.2, 0.25) is 0 Å². The maximum Gasteiger partial charge on any atom is 0.422 e. The minimum absolute atomic E-state index is 0.119. The molecule has 0 amide bonds. The number of rotatable bonds is 6. The Morgan fingerprint density at radius 1 is 1.40 bits per heavy atom. The average Bonchev–Trinajstić information content (AvgIpc) is 2.33. The fourth-order valence-corrected chi connectivity index (χ4v) is 1.74.